The van der Waals surface area contributed by atoms with Crippen LogP contribution < -0.4 is 16.6 Å². The van der Waals surface area contributed by atoms with Crippen LogP contribution in [0.15, 0.2) is 18.3 Å². The zero-order valence-corrected chi connectivity index (χ0v) is 11.1. The van der Waals surface area contributed by atoms with Crippen LogP contribution in [0.5, 0.6) is 0 Å². The van der Waals surface area contributed by atoms with E-state index in [0.717, 1.165) is 0 Å². The van der Waals surface area contributed by atoms with E-state index in [9.17, 15) is 13.2 Å². The molecule has 8 heteroatoms. The molecule has 2 rings (SSSR count). The maximum atomic E-state index is 11.8. The van der Waals surface area contributed by atoms with Crippen molar-refractivity contribution in [3.05, 3.63) is 23.9 Å². The van der Waals surface area contributed by atoms with E-state index in [2.05, 4.69) is 15.7 Å². The van der Waals surface area contributed by atoms with Gasteiger partial charge in [0.15, 0.2) is 9.84 Å². The molecule has 0 saturated carbocycles. The van der Waals surface area contributed by atoms with Crippen LogP contribution in [0.2, 0.25) is 0 Å². The lowest BCUT2D eigenvalue weighted by Gasteiger charge is -2.09. The summed E-state index contributed by atoms with van der Waals surface area (Å²) in [7, 11) is -2.90. The summed E-state index contributed by atoms with van der Waals surface area (Å²) in [6.07, 6.45) is 2.02. The Morgan fingerprint density at radius 1 is 1.47 bits per heavy atom. The van der Waals surface area contributed by atoms with Crippen LogP contribution in [0.3, 0.4) is 0 Å². The third kappa shape index (κ3) is 3.65. The molecule has 0 bridgehead atoms. The maximum absolute atomic E-state index is 11.8. The monoisotopic (exact) mass is 284 g/mol. The molecule has 1 aromatic heterocycles. The number of carbonyl (C=O) groups excluding carboxylic acids is 1. The van der Waals surface area contributed by atoms with Crippen LogP contribution >= 0.6 is 0 Å². The molecule has 1 aliphatic rings. The van der Waals surface area contributed by atoms with E-state index in [1.807, 2.05) is 0 Å². The first-order valence-electron chi connectivity index (χ1n) is 5.91. The molecular weight excluding hydrogens is 268 g/mol. The van der Waals surface area contributed by atoms with E-state index in [0.29, 0.717) is 24.3 Å². The number of anilines is 1. The van der Waals surface area contributed by atoms with Crippen LogP contribution in [0.1, 0.15) is 16.8 Å². The van der Waals surface area contributed by atoms with Gasteiger partial charge >= 0.3 is 0 Å². The molecule has 1 fully saturated rings. The van der Waals surface area contributed by atoms with Crippen LogP contribution in [0, 0.1) is 5.92 Å². The molecule has 1 unspecified atom stereocenters. The number of pyridine rings is 1. The smallest absolute Gasteiger partial charge is 0.252 e. The Labute approximate surface area is 111 Å². The lowest BCUT2D eigenvalue weighted by molar-refractivity contribution is 0.0948. The molecule has 0 radical (unpaired) electrons. The van der Waals surface area contributed by atoms with E-state index in [-0.39, 0.29) is 23.3 Å². The zero-order valence-electron chi connectivity index (χ0n) is 10.3. The second-order valence-electron chi connectivity index (χ2n) is 4.56. The molecular formula is C11H16N4O3S. The summed E-state index contributed by atoms with van der Waals surface area (Å²) in [4.78, 5) is 15.7. The van der Waals surface area contributed by atoms with Gasteiger partial charge in [0.25, 0.3) is 5.91 Å². The fourth-order valence-electron chi connectivity index (χ4n) is 1.99. The van der Waals surface area contributed by atoms with E-state index >= 15 is 0 Å². The highest BCUT2D eigenvalue weighted by molar-refractivity contribution is 7.91. The van der Waals surface area contributed by atoms with Crippen molar-refractivity contribution < 1.29 is 13.2 Å². The van der Waals surface area contributed by atoms with Crippen molar-refractivity contribution in [1.29, 1.82) is 0 Å². The number of amides is 1. The van der Waals surface area contributed by atoms with Crippen molar-refractivity contribution in [3.63, 3.8) is 0 Å². The summed E-state index contributed by atoms with van der Waals surface area (Å²) in [6, 6.07) is 3.19. The van der Waals surface area contributed by atoms with Gasteiger partial charge in [0.1, 0.15) is 5.82 Å². The number of aromatic nitrogens is 1. The van der Waals surface area contributed by atoms with Crippen LogP contribution in [0.25, 0.3) is 0 Å². The third-order valence-electron chi connectivity index (χ3n) is 3.05. The van der Waals surface area contributed by atoms with Crippen molar-refractivity contribution in [2.75, 3.05) is 23.5 Å². The molecule has 1 aromatic rings. The summed E-state index contributed by atoms with van der Waals surface area (Å²) in [5, 5.41) is 2.72. The highest BCUT2D eigenvalue weighted by atomic mass is 32.2. The van der Waals surface area contributed by atoms with Crippen LogP contribution in [-0.4, -0.2) is 37.4 Å². The predicted molar refractivity (Wildman–Crippen MR) is 71.1 cm³/mol. The summed E-state index contributed by atoms with van der Waals surface area (Å²) in [6.45, 7) is 0.370. The number of nitrogens with one attached hydrogen (secondary N) is 2. The number of hydrogen-bond donors (Lipinski definition) is 3. The maximum Gasteiger partial charge on any atom is 0.252 e. The Morgan fingerprint density at radius 2 is 2.26 bits per heavy atom. The Morgan fingerprint density at radius 3 is 2.79 bits per heavy atom. The van der Waals surface area contributed by atoms with E-state index in [1.54, 1.807) is 12.1 Å². The number of nitrogen functional groups attached to an aromatic ring is 1. The topological polar surface area (TPSA) is 114 Å². The number of sulfone groups is 1. The standard InChI is InChI=1S/C11H16N4O3S/c12-15-10-2-1-9(6-13-10)11(16)14-5-8-3-4-19(17,18)7-8/h1-2,6,8H,3-5,7,12H2,(H,13,15)(H,14,16). The number of rotatable bonds is 4. The van der Waals surface area contributed by atoms with Gasteiger partial charge < -0.3 is 10.7 Å². The molecule has 1 saturated heterocycles. The fourth-order valence-corrected chi connectivity index (χ4v) is 3.85. The van der Waals surface area contributed by atoms with Gasteiger partial charge in [-0.25, -0.2) is 19.2 Å². The second kappa shape index (κ2) is 5.54. The van der Waals surface area contributed by atoms with Crippen LogP contribution in [0.4, 0.5) is 5.82 Å². The van der Waals surface area contributed by atoms with Gasteiger partial charge in [-0.2, -0.15) is 0 Å². The highest BCUT2D eigenvalue weighted by Crippen LogP contribution is 2.17. The average Bonchev–Trinajstić information content (AvgIpc) is 2.76. The van der Waals surface area contributed by atoms with Gasteiger partial charge in [-0.3, -0.25) is 4.79 Å². The number of carbonyl (C=O) groups is 1. The molecule has 19 heavy (non-hydrogen) atoms. The molecule has 0 aliphatic carbocycles. The summed E-state index contributed by atoms with van der Waals surface area (Å²) < 4.78 is 22.6. The van der Waals surface area contributed by atoms with Crippen LogP contribution in [-0.2, 0) is 9.84 Å². The largest absolute Gasteiger partial charge is 0.352 e. The quantitative estimate of drug-likeness (QED) is 0.509. The molecule has 1 aliphatic heterocycles. The molecule has 2 heterocycles. The first-order chi connectivity index (χ1) is 9.00. The number of nitrogens with zero attached hydrogens (tertiary/aromatic N) is 1. The minimum Gasteiger partial charge on any atom is -0.352 e. The predicted octanol–water partition coefficient (Wildman–Crippen LogP) is -0.468. The van der Waals surface area contributed by atoms with E-state index in [1.165, 1.54) is 6.20 Å². The molecule has 7 nitrogen and oxygen atoms in total. The number of hydrazine groups is 1. The summed E-state index contributed by atoms with van der Waals surface area (Å²) in [5.41, 5.74) is 2.79. The van der Waals surface area contributed by atoms with E-state index in [4.69, 9.17) is 5.84 Å². The molecule has 0 aromatic carbocycles. The Bertz CT molecular complexity index is 556. The highest BCUT2D eigenvalue weighted by Gasteiger charge is 2.27. The fraction of sp³-hybridized carbons (Fsp3) is 0.455. The first-order valence-corrected chi connectivity index (χ1v) is 7.73. The number of hydrogen-bond acceptors (Lipinski definition) is 6. The van der Waals surface area contributed by atoms with Crippen molar-refractivity contribution in [3.8, 4) is 0 Å². The van der Waals surface area contributed by atoms with E-state index < -0.39 is 9.84 Å². The van der Waals surface area contributed by atoms with Gasteiger partial charge in [0.05, 0.1) is 17.1 Å². The zero-order chi connectivity index (χ0) is 13.9. The van der Waals surface area contributed by atoms with Crippen molar-refractivity contribution in [2.45, 2.75) is 6.42 Å². The van der Waals surface area contributed by atoms with Gasteiger partial charge in [-0.15, -0.1) is 0 Å². The molecule has 1 atom stereocenters. The Hall–Kier alpha value is -1.67. The SMILES string of the molecule is NNc1ccc(C(=O)NCC2CCS(=O)(=O)C2)cn1. The lowest BCUT2D eigenvalue weighted by Crippen LogP contribution is -2.29. The van der Waals surface area contributed by atoms with Crippen molar-refractivity contribution in [1.82, 2.24) is 10.3 Å². The van der Waals surface area contributed by atoms with Crippen molar-refractivity contribution >= 4 is 21.6 Å². The minimum absolute atomic E-state index is 0.00638. The summed E-state index contributed by atoms with van der Waals surface area (Å²) in [5.74, 6) is 5.76. The number of nitrogens with two attached hydrogens (primary N) is 1. The Kier molecular flexibility index (Phi) is 4.01. The van der Waals surface area contributed by atoms with Crippen molar-refractivity contribution in [2.24, 2.45) is 11.8 Å². The van der Waals surface area contributed by atoms with Gasteiger partial charge in [-0.1, -0.05) is 0 Å². The summed E-state index contributed by atoms with van der Waals surface area (Å²) >= 11 is 0. The molecule has 0 spiro atoms. The van der Waals surface area contributed by atoms with Gasteiger partial charge in [0, 0.05) is 12.7 Å². The lowest BCUT2D eigenvalue weighted by atomic mass is 10.1. The second-order valence-corrected chi connectivity index (χ2v) is 6.78. The minimum atomic E-state index is -2.90. The van der Waals surface area contributed by atoms with Gasteiger partial charge in [0.2, 0.25) is 0 Å². The Balaban J connectivity index is 1.87. The molecule has 4 N–H and O–H groups in total. The van der Waals surface area contributed by atoms with Gasteiger partial charge in [-0.05, 0) is 24.5 Å². The molecule has 104 valence electrons. The average molecular weight is 284 g/mol. The normalized spacial score (nSPS) is 21.0. The third-order valence-corrected chi connectivity index (χ3v) is 4.89. The molecule has 1 amide bonds. The first kappa shape index (κ1) is 13.8.